The number of nitriles is 1. The molecule has 0 saturated heterocycles. The number of halogens is 1. The van der Waals surface area contributed by atoms with Gasteiger partial charge in [-0.3, -0.25) is 0 Å². The van der Waals surface area contributed by atoms with Gasteiger partial charge in [-0.15, -0.1) is 0 Å². The molecular weight excluding hydrogens is 300 g/mol. The van der Waals surface area contributed by atoms with Crippen LogP contribution in [0.4, 0.5) is 0 Å². The van der Waals surface area contributed by atoms with E-state index >= 15 is 0 Å². The smallest absolute Gasteiger partial charge is 0.243 e. The van der Waals surface area contributed by atoms with Crippen LogP contribution in [0.5, 0.6) is 0 Å². The number of rotatable bonds is 6. The Morgan fingerprint density at radius 2 is 2.20 bits per heavy atom. The van der Waals surface area contributed by atoms with E-state index in [-0.39, 0.29) is 21.5 Å². The molecule has 0 unspecified atom stereocenters. The number of ether oxygens (including phenoxy) is 1. The van der Waals surface area contributed by atoms with Crippen molar-refractivity contribution in [3.05, 3.63) is 28.8 Å². The predicted octanol–water partition coefficient (Wildman–Crippen LogP) is 2.01. The van der Waals surface area contributed by atoms with Gasteiger partial charge >= 0.3 is 0 Å². The molecule has 0 atom stereocenters. The molecule has 0 aliphatic heterocycles. The summed E-state index contributed by atoms with van der Waals surface area (Å²) in [4.78, 5) is 0.115. The predicted molar refractivity (Wildman–Crippen MR) is 75.0 cm³/mol. The van der Waals surface area contributed by atoms with E-state index in [1.165, 1.54) is 29.6 Å². The van der Waals surface area contributed by atoms with Gasteiger partial charge in [0.05, 0.1) is 22.1 Å². The molecule has 108 valence electrons. The summed E-state index contributed by atoms with van der Waals surface area (Å²) in [6.07, 6.45) is 1.74. The fraction of sp³-hybridized carbons (Fsp3) is 0.462. The highest BCUT2D eigenvalue weighted by Crippen LogP contribution is 2.32. The minimum atomic E-state index is -3.60. The first-order valence-corrected chi connectivity index (χ1v) is 8.03. The second kappa shape index (κ2) is 6.10. The zero-order valence-corrected chi connectivity index (χ0v) is 12.6. The summed E-state index contributed by atoms with van der Waals surface area (Å²) < 4.78 is 31.6. The summed E-state index contributed by atoms with van der Waals surface area (Å²) >= 11 is 5.91. The molecule has 0 aromatic heterocycles. The highest BCUT2D eigenvalue weighted by atomic mass is 35.5. The molecule has 5 nitrogen and oxygen atoms in total. The summed E-state index contributed by atoms with van der Waals surface area (Å²) in [5, 5.41) is 8.97. The van der Waals surface area contributed by atoms with Gasteiger partial charge in [0.1, 0.15) is 6.07 Å². The molecule has 2 rings (SSSR count). The SMILES string of the molecule is COCCN(C1CC1)S(=O)(=O)c1ccc(C#N)c(Cl)c1. The largest absolute Gasteiger partial charge is 0.383 e. The maximum atomic E-state index is 12.6. The van der Waals surface area contributed by atoms with E-state index in [0.29, 0.717) is 13.2 Å². The third-order valence-electron chi connectivity index (χ3n) is 3.14. The molecule has 0 amide bonds. The van der Waals surface area contributed by atoms with Crippen LogP contribution in [0, 0.1) is 11.3 Å². The van der Waals surface area contributed by atoms with Crippen molar-refractivity contribution in [1.82, 2.24) is 4.31 Å². The van der Waals surface area contributed by atoms with Crippen molar-refractivity contribution in [2.75, 3.05) is 20.3 Å². The molecule has 1 aliphatic carbocycles. The van der Waals surface area contributed by atoms with Crippen molar-refractivity contribution in [3.63, 3.8) is 0 Å². The second-order valence-corrected chi connectivity index (χ2v) is 6.89. The van der Waals surface area contributed by atoms with Crippen LogP contribution in [0.15, 0.2) is 23.1 Å². The van der Waals surface area contributed by atoms with E-state index in [1.807, 2.05) is 6.07 Å². The van der Waals surface area contributed by atoms with Crippen LogP contribution >= 0.6 is 11.6 Å². The summed E-state index contributed by atoms with van der Waals surface area (Å²) in [6.45, 7) is 0.668. The Morgan fingerprint density at radius 3 is 2.70 bits per heavy atom. The molecule has 1 fully saturated rings. The Morgan fingerprint density at radius 1 is 1.50 bits per heavy atom. The first-order chi connectivity index (χ1) is 9.50. The van der Waals surface area contributed by atoms with Crippen LogP contribution < -0.4 is 0 Å². The zero-order chi connectivity index (χ0) is 14.8. The van der Waals surface area contributed by atoms with E-state index in [1.54, 1.807) is 0 Å². The van der Waals surface area contributed by atoms with Gasteiger partial charge in [0.25, 0.3) is 0 Å². The third-order valence-corrected chi connectivity index (χ3v) is 5.40. The average molecular weight is 315 g/mol. The molecule has 20 heavy (non-hydrogen) atoms. The molecule has 0 N–H and O–H groups in total. The number of sulfonamides is 1. The molecule has 7 heteroatoms. The number of methoxy groups -OCH3 is 1. The molecule has 0 bridgehead atoms. The number of nitrogens with zero attached hydrogens (tertiary/aromatic N) is 2. The highest BCUT2D eigenvalue weighted by Gasteiger charge is 2.37. The fourth-order valence-electron chi connectivity index (χ4n) is 1.93. The first kappa shape index (κ1) is 15.3. The number of hydrogen-bond acceptors (Lipinski definition) is 4. The van der Waals surface area contributed by atoms with Crippen LogP contribution in [0.3, 0.4) is 0 Å². The molecule has 0 spiro atoms. The molecular formula is C13H15ClN2O3S. The van der Waals surface area contributed by atoms with Crippen LogP contribution in [-0.2, 0) is 14.8 Å². The maximum absolute atomic E-state index is 12.6. The highest BCUT2D eigenvalue weighted by molar-refractivity contribution is 7.89. The quantitative estimate of drug-likeness (QED) is 0.805. The van der Waals surface area contributed by atoms with E-state index in [9.17, 15) is 8.42 Å². The van der Waals surface area contributed by atoms with Crippen molar-refractivity contribution in [3.8, 4) is 6.07 Å². The van der Waals surface area contributed by atoms with Crippen LogP contribution in [-0.4, -0.2) is 39.0 Å². The summed E-state index contributed by atoms with van der Waals surface area (Å²) in [5.74, 6) is 0. The standard InChI is InChI=1S/C13H15ClN2O3S/c1-19-7-6-16(11-3-4-11)20(17,18)12-5-2-10(9-15)13(14)8-12/h2,5,8,11H,3-4,6-7H2,1H3. The van der Waals surface area contributed by atoms with Crippen molar-refractivity contribution in [1.29, 1.82) is 5.26 Å². The van der Waals surface area contributed by atoms with Gasteiger partial charge in [0, 0.05) is 19.7 Å². The van der Waals surface area contributed by atoms with Gasteiger partial charge < -0.3 is 4.74 Å². The maximum Gasteiger partial charge on any atom is 0.243 e. The van der Waals surface area contributed by atoms with Crippen LogP contribution in [0.2, 0.25) is 5.02 Å². The van der Waals surface area contributed by atoms with Gasteiger partial charge in [0.2, 0.25) is 10.0 Å². The fourth-order valence-corrected chi connectivity index (χ4v) is 3.91. The average Bonchev–Trinajstić information content (AvgIpc) is 3.23. The Balaban J connectivity index is 2.32. The second-order valence-electron chi connectivity index (χ2n) is 4.59. The summed E-state index contributed by atoms with van der Waals surface area (Å²) in [6, 6.07) is 6.13. The van der Waals surface area contributed by atoms with Crippen molar-refractivity contribution in [2.45, 2.75) is 23.8 Å². The Hall–Kier alpha value is -1.13. The topological polar surface area (TPSA) is 70.4 Å². The third kappa shape index (κ3) is 3.13. The van der Waals surface area contributed by atoms with E-state index in [2.05, 4.69) is 0 Å². The molecule has 0 radical (unpaired) electrons. The first-order valence-electron chi connectivity index (χ1n) is 6.21. The van der Waals surface area contributed by atoms with Crippen LogP contribution in [0.25, 0.3) is 0 Å². The number of benzene rings is 1. The minimum absolute atomic E-state index is 0.0459. The summed E-state index contributed by atoms with van der Waals surface area (Å²) in [7, 11) is -2.06. The van der Waals surface area contributed by atoms with Crippen molar-refractivity contribution in [2.24, 2.45) is 0 Å². The van der Waals surface area contributed by atoms with Gasteiger partial charge in [-0.05, 0) is 31.0 Å². The van der Waals surface area contributed by atoms with Gasteiger partial charge in [0.15, 0.2) is 0 Å². The minimum Gasteiger partial charge on any atom is -0.383 e. The van der Waals surface area contributed by atoms with Gasteiger partial charge in [-0.25, -0.2) is 8.42 Å². The van der Waals surface area contributed by atoms with E-state index in [4.69, 9.17) is 21.6 Å². The zero-order valence-electron chi connectivity index (χ0n) is 11.0. The lowest BCUT2D eigenvalue weighted by Gasteiger charge is -2.21. The van der Waals surface area contributed by atoms with Crippen molar-refractivity contribution < 1.29 is 13.2 Å². The van der Waals surface area contributed by atoms with E-state index in [0.717, 1.165) is 12.8 Å². The monoisotopic (exact) mass is 314 g/mol. The molecule has 1 saturated carbocycles. The van der Waals surface area contributed by atoms with E-state index < -0.39 is 10.0 Å². The molecule has 1 aromatic carbocycles. The van der Waals surface area contributed by atoms with Crippen molar-refractivity contribution >= 4 is 21.6 Å². The lowest BCUT2D eigenvalue weighted by molar-refractivity contribution is 0.177. The Bertz CT molecular complexity index is 636. The molecule has 1 aromatic rings. The van der Waals surface area contributed by atoms with Gasteiger partial charge in [-0.1, -0.05) is 11.6 Å². The lowest BCUT2D eigenvalue weighted by atomic mass is 10.2. The molecule has 1 aliphatic rings. The molecule has 0 heterocycles. The van der Waals surface area contributed by atoms with Crippen LogP contribution in [0.1, 0.15) is 18.4 Å². The van der Waals surface area contributed by atoms with Gasteiger partial charge in [-0.2, -0.15) is 9.57 Å². The lowest BCUT2D eigenvalue weighted by Crippen LogP contribution is -2.35. The summed E-state index contributed by atoms with van der Waals surface area (Å²) in [5.41, 5.74) is 0.264. The normalized spacial score (nSPS) is 15.3. The Labute approximate surface area is 123 Å². The Kier molecular flexibility index (Phi) is 4.66. The number of hydrogen-bond donors (Lipinski definition) is 0.